The van der Waals surface area contributed by atoms with Crippen molar-refractivity contribution in [3.05, 3.63) is 75.8 Å². The number of carbonyl (C=O) groups excluding carboxylic acids is 7. The molecular weight excluding hydrogens is 1270 g/mol. The summed E-state index contributed by atoms with van der Waals surface area (Å²) in [6.07, 6.45) is -4.79. The molecule has 2 unspecified atom stereocenters. The molecule has 2 saturated heterocycles. The molecule has 2 aromatic rings. The number of nitrogens with two attached hydrogens (primary N) is 6. The first-order chi connectivity index (χ1) is 42.8. The summed E-state index contributed by atoms with van der Waals surface area (Å²) < 4.78 is 31.9. The number of hydrogen-bond acceptors (Lipinski definition) is 19. The molecule has 0 spiro atoms. The number of ether oxygens (including phenoxy) is 1. The Labute approximate surface area is 551 Å². The van der Waals surface area contributed by atoms with Gasteiger partial charge in [0, 0.05) is 108 Å². The molecule has 8 rings (SSSR count). The number of benzene rings is 1. The number of aliphatic imine (C=N–C) groups is 3. The van der Waals surface area contributed by atoms with Crippen LogP contribution in [0.3, 0.4) is 0 Å². The molecule has 93 heavy (non-hydrogen) atoms. The molecule has 6 aliphatic rings. The number of rotatable bonds is 26. The van der Waals surface area contributed by atoms with Gasteiger partial charge in [0.25, 0.3) is 7.82 Å². The number of aryl methyl sites for hydroxylation is 2. The Morgan fingerprint density at radius 1 is 0.806 bits per heavy atom. The summed E-state index contributed by atoms with van der Waals surface area (Å²) in [4.78, 5) is 128. The molecule has 6 aliphatic heterocycles. The number of nitrogens with zero attached hydrogens (tertiary/aromatic N) is 7. The quantitative estimate of drug-likeness (QED) is 0.0481. The first-order valence-electron chi connectivity index (χ1n) is 30.7. The molecule has 7 amide bonds. The topological polar surface area (TPSA) is 489 Å². The Kier molecular flexibility index (Phi) is 23.0. The predicted octanol–water partition coefficient (Wildman–Crippen LogP) is 3.41. The molecular formula is C63H88CoN14O14P. The van der Waals surface area contributed by atoms with Crippen LogP contribution in [-0.4, -0.2) is 127 Å². The Morgan fingerprint density at radius 3 is 1.96 bits per heavy atom. The second-order valence-electron chi connectivity index (χ2n) is 27.0. The minimum Gasteiger partial charge on any atom is -0.756 e. The van der Waals surface area contributed by atoms with Crippen molar-refractivity contribution in [2.45, 2.75) is 189 Å². The van der Waals surface area contributed by atoms with Gasteiger partial charge in [-0.1, -0.05) is 40.7 Å². The smallest absolute Gasteiger partial charge is 0.756 e. The molecule has 0 radical (unpaired) electrons. The minimum absolute atomic E-state index is 0. The molecule has 508 valence electrons. The zero-order chi connectivity index (χ0) is 68.7. The summed E-state index contributed by atoms with van der Waals surface area (Å²) in [6.45, 7) is 23.7. The van der Waals surface area contributed by atoms with Crippen molar-refractivity contribution in [3.63, 3.8) is 0 Å². The van der Waals surface area contributed by atoms with Crippen molar-refractivity contribution in [2.24, 2.45) is 94.7 Å². The molecule has 1 aromatic heterocycles. The first kappa shape index (κ1) is 75.0. The molecule has 30 heteroatoms. The number of carbonyl (C=O) groups is 7. The van der Waals surface area contributed by atoms with Crippen molar-refractivity contribution >= 4 is 77.3 Å². The second-order valence-corrected chi connectivity index (χ2v) is 28.3. The van der Waals surface area contributed by atoms with E-state index in [1.807, 2.05) is 80.5 Å². The van der Waals surface area contributed by atoms with Gasteiger partial charge in [-0.05, 0) is 119 Å². The first-order valence-corrected chi connectivity index (χ1v) is 32.2. The number of aliphatic hydroxyl groups excluding tert-OH is 2. The van der Waals surface area contributed by atoms with Crippen molar-refractivity contribution < 1.29 is 83.8 Å². The molecule has 0 aliphatic carbocycles. The van der Waals surface area contributed by atoms with Gasteiger partial charge in [0.2, 0.25) is 41.4 Å². The number of fused-ring (bicyclic) bond motifs is 7. The third-order valence-electron chi connectivity index (χ3n) is 20.5. The van der Waals surface area contributed by atoms with E-state index in [2.05, 4.69) is 10.3 Å². The van der Waals surface area contributed by atoms with E-state index in [1.165, 1.54) is 17.8 Å². The number of aromatic nitrogens is 2. The Morgan fingerprint density at radius 2 is 1.39 bits per heavy atom. The van der Waals surface area contributed by atoms with E-state index in [-0.39, 0.29) is 94.0 Å². The zero-order valence-electron chi connectivity index (χ0n) is 54.4. The number of primary amides is 6. The van der Waals surface area contributed by atoms with Gasteiger partial charge in [0.05, 0.1) is 41.3 Å². The fourth-order valence-corrected chi connectivity index (χ4v) is 16.4. The van der Waals surface area contributed by atoms with Crippen LogP contribution in [0.4, 0.5) is 0 Å². The van der Waals surface area contributed by atoms with Gasteiger partial charge in [-0.25, -0.2) is 4.98 Å². The van der Waals surface area contributed by atoms with E-state index in [4.69, 9.17) is 80.3 Å². The number of amides is 7. The number of hydrogen-bond donors (Lipinski definition) is 9. The van der Waals surface area contributed by atoms with Gasteiger partial charge >= 0.3 is 16.8 Å². The average molecular weight is 1350 g/mol. The van der Waals surface area contributed by atoms with Gasteiger partial charge in [0.1, 0.15) is 18.3 Å². The fraction of sp³-hybridized carbons (Fsp3) is 0.619. The third kappa shape index (κ3) is 14.6. The number of phosphoric acid groups is 1. The van der Waals surface area contributed by atoms with Crippen LogP contribution in [0.1, 0.15) is 150 Å². The third-order valence-corrected chi connectivity index (χ3v) is 21.6. The number of aliphatic hydroxyl groups is 2. The van der Waals surface area contributed by atoms with Gasteiger partial charge in [-0.3, -0.25) is 53.1 Å². The van der Waals surface area contributed by atoms with Crippen LogP contribution in [0.15, 0.2) is 67.8 Å². The van der Waals surface area contributed by atoms with Crippen LogP contribution in [0.2, 0.25) is 0 Å². The molecule has 7 heterocycles. The van der Waals surface area contributed by atoms with E-state index in [9.17, 15) is 53.2 Å². The van der Waals surface area contributed by atoms with Crippen LogP contribution >= 0.6 is 7.82 Å². The molecule has 8 bridgehead atoms. The minimum atomic E-state index is -5.32. The number of imidazole rings is 1. The molecule has 2 fully saturated rings. The van der Waals surface area contributed by atoms with Gasteiger partial charge < -0.3 is 90.3 Å². The number of nitrogens with one attached hydrogen (secondary N) is 1. The fourth-order valence-electron chi connectivity index (χ4n) is 15.3. The number of phosphoric ester groups is 1. The molecule has 15 atom stereocenters. The Bertz CT molecular complexity index is 3600. The monoisotopic (exact) mass is 1350 g/mol. The number of allylic oxidation sites excluding steroid dienone is 6. The maximum Gasteiger partial charge on any atom is 3.00 e. The molecule has 28 nitrogen and oxygen atoms in total. The Hall–Kier alpha value is -7.00. The van der Waals surface area contributed by atoms with Crippen molar-refractivity contribution in [1.82, 2.24) is 14.9 Å². The van der Waals surface area contributed by atoms with E-state index in [0.29, 0.717) is 56.4 Å². The van der Waals surface area contributed by atoms with Crippen LogP contribution < -0.4 is 44.6 Å². The van der Waals surface area contributed by atoms with E-state index < -0.39 is 143 Å². The summed E-state index contributed by atoms with van der Waals surface area (Å²) >= 11 is 0. The SMILES string of the molecule is C/C1=C2/[N-]C([C@H](CC(N)=O)[C@@]2(C)CCC(=O)NC[C@@H](C)OP(=O)([O-])O[C@H]2[C@@H](O)[C@@H](n3cnc4cc(C)c(C)cc43)O[C@@H]2CO)[C@]2(C)N=C(/C(C)=C3N=C(/C=C4N=C1[C@@H](CCC(N)=O)C\4(C)C)[C@@H](CCC(N)=O)[C@]\3(C)CC(N)=O)[C@@H](CCC(N)=O)[C@]2(C)CC(N)=O.[58Co+3].[C-]#N. The maximum absolute atomic E-state index is 14.4. The van der Waals surface area contributed by atoms with Crippen molar-refractivity contribution in [2.75, 3.05) is 13.2 Å². The van der Waals surface area contributed by atoms with Crippen molar-refractivity contribution in [1.29, 1.82) is 5.26 Å². The second kappa shape index (κ2) is 28.5. The van der Waals surface area contributed by atoms with E-state index in [1.54, 1.807) is 6.92 Å². The summed E-state index contributed by atoms with van der Waals surface area (Å²) in [7, 11) is -5.32. The van der Waals surface area contributed by atoms with Crippen LogP contribution in [0, 0.1) is 71.0 Å². The maximum atomic E-state index is 14.4. The zero-order valence-corrected chi connectivity index (χ0v) is 56.4. The van der Waals surface area contributed by atoms with Gasteiger partial charge in [-0.15, -0.1) is 0 Å². The summed E-state index contributed by atoms with van der Waals surface area (Å²) in [5, 5.41) is 36.4. The summed E-state index contributed by atoms with van der Waals surface area (Å²) in [5.74, 6) is -7.40. The van der Waals surface area contributed by atoms with Gasteiger partial charge in [0.15, 0.2) is 6.23 Å². The van der Waals surface area contributed by atoms with Crippen LogP contribution in [0.5, 0.6) is 0 Å². The van der Waals surface area contributed by atoms with Gasteiger partial charge in [-0.2, -0.15) is 5.70 Å². The largest absolute Gasteiger partial charge is 3.00 e. The predicted molar refractivity (Wildman–Crippen MR) is 337 cm³/mol. The molecule has 1 aromatic carbocycles. The van der Waals surface area contributed by atoms with E-state index >= 15 is 0 Å². The summed E-state index contributed by atoms with van der Waals surface area (Å²) in [6, 6.07) is 2.65. The van der Waals surface area contributed by atoms with Crippen molar-refractivity contribution in [3.8, 4) is 0 Å². The summed E-state index contributed by atoms with van der Waals surface area (Å²) in [5.41, 5.74) is 36.7. The molecule has 0 saturated carbocycles. The van der Waals surface area contributed by atoms with Crippen LogP contribution in [-0.2, 0) is 68.7 Å². The van der Waals surface area contributed by atoms with Crippen LogP contribution in [0.25, 0.3) is 16.4 Å². The Balaban J connectivity index is 0.00000453. The normalized spacial score (nSPS) is 33.1. The molecule has 15 N–H and O–H groups in total. The standard InChI is InChI=1S/C62H90N13O14P.CN.Co/c1-29-20-39-40(21-30(29)2)75(28-70-39)57-52(84)53(41(27-76)87-57)89-90(85,86)88-31(3)26-69-49(83)18-19-59(8)37(22-46(66)80)56-62(11)61(10,25-48(68)82)36(14-17-45(65)79)51(74-62)33(5)55-60(9,24-47(67)81)34(12-15-43(63)77)38(71-55)23-42-58(6,7)35(13-16-44(64)78)50(72-42)32(4)54(59)73-56;1-2;/h20-21,23,28,31,34-37,41,52-53,56-57,76,84H,12-19,22,24-27H2,1-11H3,(H15,63,64,65,66,67,68,69,71,72,73,74,77,78,79,80,81,82,83,85,86);;/q;-1;+3/p-2/t31-,34-,35-,36-,37+,41-,52-,53-,56?,57+,59-,60+,61+,62+;;/m1../s1/i;;1-1. The van der Waals surface area contributed by atoms with E-state index in [0.717, 1.165) is 11.1 Å². The average Bonchev–Trinajstić information content (AvgIpc) is 1.53.